The number of ether oxygens (including phenoxy) is 2. The molecule has 0 amide bonds. The molecule has 1 atom stereocenters. The molecule has 0 radical (unpaired) electrons. The lowest BCUT2D eigenvalue weighted by atomic mass is 9.98. The van der Waals surface area contributed by atoms with Gasteiger partial charge < -0.3 is 14.8 Å². The topological polar surface area (TPSA) is 42.9 Å². The third kappa shape index (κ3) is 4.02. The average Bonchev–Trinajstić information content (AvgIpc) is 2.75. The van der Waals surface area contributed by atoms with Crippen molar-refractivity contribution in [2.45, 2.75) is 32.7 Å². The second kappa shape index (κ2) is 8.22. The van der Waals surface area contributed by atoms with Crippen LogP contribution in [0.15, 0.2) is 71.7 Å². The van der Waals surface area contributed by atoms with Gasteiger partial charge >= 0.3 is 11.9 Å². The Kier molecular flexibility index (Phi) is 5.59. The van der Waals surface area contributed by atoms with Crippen molar-refractivity contribution in [3.8, 4) is 11.5 Å². The van der Waals surface area contributed by atoms with Gasteiger partial charge in [-0.25, -0.2) is 4.99 Å². The minimum Gasteiger partial charge on any atom is -0.494 e. The molecule has 0 aliphatic carbocycles. The van der Waals surface area contributed by atoms with Crippen LogP contribution < -0.4 is 14.8 Å². The van der Waals surface area contributed by atoms with Crippen molar-refractivity contribution in [1.29, 1.82) is 0 Å². The number of alkyl halides is 3. The summed E-state index contributed by atoms with van der Waals surface area (Å²) in [5, 5.41) is 3.05. The number of halogens is 3. The Morgan fingerprint density at radius 2 is 1.56 bits per heavy atom. The Balaban J connectivity index is 1.90. The minimum atomic E-state index is -4.82. The van der Waals surface area contributed by atoms with Gasteiger partial charge in [0.15, 0.2) is 0 Å². The molecule has 0 fully saturated rings. The van der Waals surface area contributed by atoms with Gasteiger partial charge in [-0.3, -0.25) is 0 Å². The van der Waals surface area contributed by atoms with Crippen LogP contribution in [0.25, 0.3) is 0 Å². The Morgan fingerprint density at radius 1 is 0.938 bits per heavy atom. The molecule has 0 aromatic heterocycles. The largest absolute Gasteiger partial charge is 0.494 e. The Labute approximate surface area is 184 Å². The smallest absolute Gasteiger partial charge is 0.455 e. The third-order valence-electron chi connectivity index (χ3n) is 5.19. The second-order valence-corrected chi connectivity index (χ2v) is 7.65. The van der Waals surface area contributed by atoms with E-state index >= 15 is 0 Å². The molecule has 0 saturated heterocycles. The monoisotopic (exact) mass is 440 g/mol. The normalized spacial score (nSPS) is 17.8. The van der Waals surface area contributed by atoms with E-state index in [2.05, 4.69) is 10.3 Å². The van der Waals surface area contributed by atoms with Crippen LogP contribution in [0.4, 0.5) is 18.9 Å². The highest BCUT2D eigenvalue weighted by Gasteiger charge is 2.61. The maximum Gasteiger partial charge on any atom is 0.455 e. The number of hydrogen-bond donors (Lipinski definition) is 1. The van der Waals surface area contributed by atoms with Crippen LogP contribution in [0.3, 0.4) is 0 Å². The fourth-order valence-electron chi connectivity index (χ4n) is 3.50. The maximum absolute atomic E-state index is 14.6. The summed E-state index contributed by atoms with van der Waals surface area (Å²) in [5.74, 6) is 0.525. The zero-order chi connectivity index (χ0) is 22.9. The third-order valence-corrected chi connectivity index (χ3v) is 5.19. The number of aryl methyl sites for hydroxylation is 2. The zero-order valence-corrected chi connectivity index (χ0v) is 18.0. The molecule has 1 unspecified atom stereocenters. The van der Waals surface area contributed by atoms with Gasteiger partial charge in [-0.15, -0.1) is 0 Å². The van der Waals surface area contributed by atoms with Crippen LogP contribution in [0.5, 0.6) is 11.5 Å². The van der Waals surface area contributed by atoms with E-state index in [0.29, 0.717) is 23.6 Å². The van der Waals surface area contributed by atoms with Crippen molar-refractivity contribution >= 4 is 11.5 Å². The first-order chi connectivity index (χ1) is 15.2. The van der Waals surface area contributed by atoms with E-state index in [0.717, 1.165) is 11.1 Å². The second-order valence-electron chi connectivity index (χ2n) is 7.65. The molecule has 4 rings (SSSR count). The predicted molar refractivity (Wildman–Crippen MR) is 118 cm³/mol. The van der Waals surface area contributed by atoms with Crippen molar-refractivity contribution in [3.63, 3.8) is 0 Å². The van der Waals surface area contributed by atoms with Crippen molar-refractivity contribution in [1.82, 2.24) is 0 Å². The first-order valence-electron chi connectivity index (χ1n) is 10.3. The fraction of sp³-hybridized carbons (Fsp3) is 0.240. The highest BCUT2D eigenvalue weighted by molar-refractivity contribution is 6.11. The number of aliphatic imine (C=N–C) groups is 1. The molecule has 32 heavy (non-hydrogen) atoms. The summed E-state index contributed by atoms with van der Waals surface area (Å²) in [6.07, 6.45) is -4.82. The number of hydrogen-bond acceptors (Lipinski definition) is 4. The number of anilines is 1. The Morgan fingerprint density at radius 3 is 2.16 bits per heavy atom. The molecule has 0 saturated carbocycles. The van der Waals surface area contributed by atoms with E-state index in [4.69, 9.17) is 9.47 Å². The van der Waals surface area contributed by atoms with E-state index in [9.17, 15) is 13.2 Å². The zero-order valence-electron chi connectivity index (χ0n) is 18.0. The molecule has 1 heterocycles. The van der Waals surface area contributed by atoms with Crippen LogP contribution in [0.1, 0.15) is 29.2 Å². The average molecular weight is 440 g/mol. The first kappa shape index (κ1) is 21.7. The lowest BCUT2D eigenvalue weighted by Gasteiger charge is -2.37. The number of nitrogens with one attached hydrogen (secondary N) is 1. The lowest BCUT2D eigenvalue weighted by Crippen LogP contribution is -2.49. The van der Waals surface area contributed by atoms with Gasteiger partial charge in [-0.1, -0.05) is 47.5 Å². The van der Waals surface area contributed by atoms with E-state index in [1.54, 1.807) is 43.3 Å². The molecule has 1 N–H and O–H groups in total. The lowest BCUT2D eigenvalue weighted by molar-refractivity contribution is -0.252. The minimum absolute atomic E-state index is 0.0402. The highest BCUT2D eigenvalue weighted by atomic mass is 19.4. The van der Waals surface area contributed by atoms with Gasteiger partial charge in [0.1, 0.15) is 17.3 Å². The molecule has 1 aliphatic heterocycles. The van der Waals surface area contributed by atoms with Crippen LogP contribution in [0.2, 0.25) is 0 Å². The van der Waals surface area contributed by atoms with Crippen molar-refractivity contribution in [2.75, 3.05) is 11.9 Å². The summed E-state index contributed by atoms with van der Waals surface area (Å²) in [7, 11) is 0. The Hall–Kier alpha value is -3.48. The van der Waals surface area contributed by atoms with Crippen molar-refractivity contribution in [2.24, 2.45) is 4.99 Å². The molecule has 4 nitrogen and oxygen atoms in total. The van der Waals surface area contributed by atoms with E-state index < -0.39 is 11.9 Å². The summed E-state index contributed by atoms with van der Waals surface area (Å²) in [6, 6.07) is 18.2. The van der Waals surface area contributed by atoms with Crippen LogP contribution >= 0.6 is 0 Å². The summed E-state index contributed by atoms with van der Waals surface area (Å²) >= 11 is 0. The molecule has 3 aromatic rings. The molecular formula is C25H23F3N2O2. The van der Waals surface area contributed by atoms with Crippen LogP contribution in [-0.4, -0.2) is 18.6 Å². The molecule has 3 aromatic carbocycles. The van der Waals surface area contributed by atoms with Gasteiger partial charge in [-0.2, -0.15) is 13.2 Å². The number of fused-ring (bicyclic) bond motifs is 1. The predicted octanol–water partition coefficient (Wildman–Crippen LogP) is 6.37. The fourth-order valence-corrected chi connectivity index (χ4v) is 3.50. The van der Waals surface area contributed by atoms with Gasteiger partial charge in [0, 0.05) is 17.3 Å². The van der Waals surface area contributed by atoms with E-state index in [1.165, 1.54) is 18.2 Å². The van der Waals surface area contributed by atoms with Gasteiger partial charge in [0.25, 0.3) is 0 Å². The quantitative estimate of drug-likeness (QED) is 0.513. The molecule has 166 valence electrons. The summed E-state index contributed by atoms with van der Waals surface area (Å²) < 4.78 is 54.9. The molecule has 0 bridgehead atoms. The van der Waals surface area contributed by atoms with Gasteiger partial charge in [0.05, 0.1) is 12.2 Å². The molecular weight excluding hydrogens is 417 g/mol. The number of amidine groups is 1. The molecule has 1 aliphatic rings. The number of benzene rings is 3. The van der Waals surface area contributed by atoms with Crippen LogP contribution in [0, 0.1) is 13.8 Å². The highest BCUT2D eigenvalue weighted by Crippen LogP contribution is 2.48. The molecule has 7 heteroatoms. The standard InChI is InChI=1S/C25H23F3N2O2/c1-4-31-20-13-14-21-22(15-20)32-24(25(26,27)28,18-9-5-16(2)6-10-18)30-23(21)29-19-11-7-17(3)8-12-19/h5-15H,4H2,1-3H3,(H,29,30). The van der Waals surface area contributed by atoms with Gasteiger partial charge in [-0.05, 0) is 45.0 Å². The first-order valence-corrected chi connectivity index (χ1v) is 10.3. The van der Waals surface area contributed by atoms with Crippen LogP contribution in [-0.2, 0) is 5.72 Å². The van der Waals surface area contributed by atoms with E-state index in [-0.39, 0.29) is 17.1 Å². The maximum atomic E-state index is 14.6. The van der Waals surface area contributed by atoms with E-state index in [1.807, 2.05) is 26.0 Å². The summed E-state index contributed by atoms with van der Waals surface area (Å²) in [6.45, 7) is 5.93. The van der Waals surface area contributed by atoms with Gasteiger partial charge in [0.2, 0.25) is 0 Å². The van der Waals surface area contributed by atoms with Crippen molar-refractivity contribution in [3.05, 3.63) is 89.0 Å². The Bertz CT molecular complexity index is 1140. The molecule has 0 spiro atoms. The SMILES string of the molecule is CCOc1ccc2c(c1)OC(c1ccc(C)cc1)(C(F)(F)F)N=C2Nc1ccc(C)cc1. The summed E-state index contributed by atoms with van der Waals surface area (Å²) in [4.78, 5) is 4.14. The number of rotatable bonds is 4. The number of nitrogens with zero attached hydrogens (tertiary/aromatic N) is 1. The van der Waals surface area contributed by atoms with Crippen molar-refractivity contribution < 1.29 is 22.6 Å². The summed E-state index contributed by atoms with van der Waals surface area (Å²) in [5.41, 5.74) is -0.0901.